The van der Waals surface area contributed by atoms with Crippen molar-refractivity contribution in [2.45, 2.75) is 19.5 Å². The largest absolute Gasteiger partial charge is 0.350 e. The lowest BCUT2D eigenvalue weighted by Crippen LogP contribution is -2.44. The Hall–Kier alpha value is -2.04. The lowest BCUT2D eigenvalue weighted by molar-refractivity contribution is -0.122. The summed E-state index contributed by atoms with van der Waals surface area (Å²) >= 11 is 11.9. The van der Waals surface area contributed by atoms with Crippen LogP contribution >= 0.6 is 23.2 Å². The summed E-state index contributed by atoms with van der Waals surface area (Å²) in [6.07, 6.45) is 0. The van der Waals surface area contributed by atoms with Crippen LogP contribution in [-0.2, 0) is 11.3 Å². The van der Waals surface area contributed by atoms with Gasteiger partial charge in [0, 0.05) is 22.2 Å². The van der Waals surface area contributed by atoms with Crippen molar-refractivity contribution in [2.24, 2.45) is 0 Å². The lowest BCUT2D eigenvalue weighted by atomic mass is 10.2. The summed E-state index contributed by atoms with van der Waals surface area (Å²) in [4.78, 5) is 24.1. The van der Waals surface area contributed by atoms with Gasteiger partial charge >= 0.3 is 0 Å². The van der Waals surface area contributed by atoms with Gasteiger partial charge in [-0.05, 0) is 36.8 Å². The lowest BCUT2D eigenvalue weighted by Gasteiger charge is -2.14. The number of carbonyl (C=O) groups is 2. The van der Waals surface area contributed by atoms with Gasteiger partial charge in [-0.1, -0.05) is 47.5 Å². The molecule has 0 radical (unpaired) electrons. The van der Waals surface area contributed by atoms with Crippen LogP contribution in [0.3, 0.4) is 0 Å². The topological polar surface area (TPSA) is 58.2 Å². The summed E-state index contributed by atoms with van der Waals surface area (Å²) < 4.78 is 0. The maximum atomic E-state index is 12.1. The second-order valence-electron chi connectivity index (χ2n) is 5.01. The summed E-state index contributed by atoms with van der Waals surface area (Å²) in [5, 5.41) is 6.41. The predicted octanol–water partition coefficient (Wildman–Crippen LogP) is 3.43. The first-order chi connectivity index (χ1) is 11.0. The minimum atomic E-state index is -0.659. The van der Waals surface area contributed by atoms with E-state index < -0.39 is 6.04 Å². The Morgan fingerprint density at radius 3 is 2.43 bits per heavy atom. The standard InChI is InChI=1S/C17H16Cl2N2O2/c1-11(21-17(23)12-5-3-2-4-6-12)16(22)20-10-13-7-8-14(18)9-15(13)19/h2-9,11H,10H2,1H3,(H,20,22)(H,21,23)/t11-/m0/s1. The first-order valence-electron chi connectivity index (χ1n) is 7.05. The average Bonchev–Trinajstić information content (AvgIpc) is 2.54. The number of amides is 2. The van der Waals surface area contributed by atoms with Crippen molar-refractivity contribution in [1.82, 2.24) is 10.6 Å². The van der Waals surface area contributed by atoms with Gasteiger partial charge in [0.15, 0.2) is 0 Å². The van der Waals surface area contributed by atoms with Gasteiger partial charge in [0.25, 0.3) is 5.91 Å². The van der Waals surface area contributed by atoms with Crippen molar-refractivity contribution in [3.05, 3.63) is 69.7 Å². The molecule has 2 amide bonds. The molecule has 23 heavy (non-hydrogen) atoms. The third-order valence-electron chi connectivity index (χ3n) is 3.25. The molecule has 0 spiro atoms. The molecular weight excluding hydrogens is 335 g/mol. The number of nitrogens with one attached hydrogen (secondary N) is 2. The molecule has 1 atom stereocenters. The Morgan fingerprint density at radius 1 is 1.09 bits per heavy atom. The van der Waals surface area contributed by atoms with Gasteiger partial charge in [0.05, 0.1) is 0 Å². The van der Waals surface area contributed by atoms with E-state index in [2.05, 4.69) is 10.6 Å². The molecule has 0 heterocycles. The van der Waals surface area contributed by atoms with Gasteiger partial charge in [-0.3, -0.25) is 9.59 Å². The van der Waals surface area contributed by atoms with Crippen molar-refractivity contribution in [1.29, 1.82) is 0 Å². The number of carbonyl (C=O) groups excluding carboxylic acids is 2. The smallest absolute Gasteiger partial charge is 0.251 e. The molecule has 0 saturated carbocycles. The minimum absolute atomic E-state index is 0.264. The summed E-state index contributed by atoms with van der Waals surface area (Å²) in [6, 6.07) is 13.1. The monoisotopic (exact) mass is 350 g/mol. The third-order valence-corrected chi connectivity index (χ3v) is 3.83. The van der Waals surface area contributed by atoms with Crippen molar-refractivity contribution >= 4 is 35.0 Å². The maximum absolute atomic E-state index is 12.1. The van der Waals surface area contributed by atoms with Gasteiger partial charge in [-0.2, -0.15) is 0 Å². The Labute approximate surface area is 144 Å². The van der Waals surface area contributed by atoms with Gasteiger partial charge in [0.1, 0.15) is 6.04 Å². The zero-order valence-corrected chi connectivity index (χ0v) is 14.0. The summed E-state index contributed by atoms with van der Waals surface area (Å²) in [5.41, 5.74) is 1.26. The number of benzene rings is 2. The molecule has 120 valence electrons. The van der Waals surface area contributed by atoms with Crippen LogP contribution in [0.1, 0.15) is 22.8 Å². The SMILES string of the molecule is C[C@H](NC(=O)c1ccccc1)C(=O)NCc1ccc(Cl)cc1Cl. The molecular formula is C17H16Cl2N2O2. The summed E-state index contributed by atoms with van der Waals surface area (Å²) in [6.45, 7) is 1.89. The van der Waals surface area contributed by atoms with Crippen LogP contribution in [0.2, 0.25) is 10.0 Å². The van der Waals surface area contributed by atoms with Crippen molar-refractivity contribution in [2.75, 3.05) is 0 Å². The molecule has 6 heteroatoms. The zero-order valence-electron chi connectivity index (χ0n) is 12.5. The van der Waals surface area contributed by atoms with Gasteiger partial charge in [0.2, 0.25) is 5.91 Å². The van der Waals surface area contributed by atoms with E-state index in [-0.39, 0.29) is 18.4 Å². The Balaban J connectivity index is 1.89. The fourth-order valence-electron chi connectivity index (χ4n) is 1.94. The number of hydrogen-bond acceptors (Lipinski definition) is 2. The van der Waals surface area contributed by atoms with Crippen LogP contribution in [0, 0.1) is 0 Å². The van der Waals surface area contributed by atoms with E-state index in [1.165, 1.54) is 0 Å². The number of halogens is 2. The van der Waals surface area contributed by atoms with E-state index in [0.29, 0.717) is 15.6 Å². The molecule has 0 bridgehead atoms. The molecule has 2 aromatic rings. The highest BCUT2D eigenvalue weighted by molar-refractivity contribution is 6.35. The van der Waals surface area contributed by atoms with Gasteiger partial charge in [-0.15, -0.1) is 0 Å². The normalized spacial score (nSPS) is 11.6. The fraction of sp³-hybridized carbons (Fsp3) is 0.176. The number of hydrogen-bond donors (Lipinski definition) is 2. The Morgan fingerprint density at radius 2 is 1.78 bits per heavy atom. The van der Waals surface area contributed by atoms with Crippen LogP contribution in [-0.4, -0.2) is 17.9 Å². The average molecular weight is 351 g/mol. The molecule has 0 aliphatic heterocycles. The van der Waals surface area contributed by atoms with Crippen LogP contribution in [0.25, 0.3) is 0 Å². The molecule has 0 saturated heterocycles. The highest BCUT2D eigenvalue weighted by atomic mass is 35.5. The van der Waals surface area contributed by atoms with Crippen LogP contribution in [0.15, 0.2) is 48.5 Å². The predicted molar refractivity (Wildman–Crippen MR) is 91.7 cm³/mol. The third kappa shape index (κ3) is 4.98. The van der Waals surface area contributed by atoms with E-state index >= 15 is 0 Å². The number of rotatable bonds is 5. The molecule has 4 nitrogen and oxygen atoms in total. The fourth-order valence-corrected chi connectivity index (χ4v) is 2.41. The first-order valence-corrected chi connectivity index (χ1v) is 7.80. The van der Waals surface area contributed by atoms with Crippen LogP contribution in [0.5, 0.6) is 0 Å². The van der Waals surface area contributed by atoms with E-state index in [9.17, 15) is 9.59 Å². The second-order valence-corrected chi connectivity index (χ2v) is 5.86. The van der Waals surface area contributed by atoms with E-state index in [1.807, 2.05) is 6.07 Å². The van der Waals surface area contributed by atoms with Crippen LogP contribution in [0.4, 0.5) is 0 Å². The second kappa shape index (κ2) is 7.99. The zero-order chi connectivity index (χ0) is 16.8. The molecule has 2 N–H and O–H groups in total. The Bertz CT molecular complexity index is 705. The minimum Gasteiger partial charge on any atom is -0.350 e. The van der Waals surface area contributed by atoms with Crippen molar-refractivity contribution in [3.63, 3.8) is 0 Å². The summed E-state index contributed by atoms with van der Waals surface area (Å²) in [7, 11) is 0. The molecule has 0 fully saturated rings. The van der Waals surface area contributed by atoms with Gasteiger partial charge in [-0.25, -0.2) is 0 Å². The molecule has 0 aliphatic rings. The highest BCUT2D eigenvalue weighted by Gasteiger charge is 2.16. The van der Waals surface area contributed by atoms with E-state index in [1.54, 1.807) is 49.4 Å². The quantitative estimate of drug-likeness (QED) is 0.867. The Kier molecular flexibility index (Phi) is 6.02. The molecule has 2 aromatic carbocycles. The summed E-state index contributed by atoms with van der Waals surface area (Å²) in [5.74, 6) is -0.585. The van der Waals surface area contributed by atoms with Crippen molar-refractivity contribution in [3.8, 4) is 0 Å². The van der Waals surface area contributed by atoms with E-state index in [0.717, 1.165) is 5.56 Å². The first kappa shape index (κ1) is 17.3. The maximum Gasteiger partial charge on any atom is 0.251 e. The van der Waals surface area contributed by atoms with Gasteiger partial charge < -0.3 is 10.6 Å². The van der Waals surface area contributed by atoms with Crippen molar-refractivity contribution < 1.29 is 9.59 Å². The molecule has 0 unspecified atom stereocenters. The molecule has 0 aromatic heterocycles. The molecule has 0 aliphatic carbocycles. The molecule has 2 rings (SSSR count). The highest BCUT2D eigenvalue weighted by Crippen LogP contribution is 2.20. The van der Waals surface area contributed by atoms with E-state index in [4.69, 9.17) is 23.2 Å². The van der Waals surface area contributed by atoms with Crippen LogP contribution < -0.4 is 10.6 Å².